The molecule has 5 heteroatoms. The molecule has 17 heavy (non-hydrogen) atoms. The van der Waals surface area contributed by atoms with Crippen LogP contribution in [0.3, 0.4) is 0 Å². The highest BCUT2D eigenvalue weighted by atomic mass is 16.4. The average Bonchev–Trinajstić information content (AvgIpc) is 2.26. The number of nitrogens with zero attached hydrogens (tertiary/aromatic N) is 1. The first kappa shape index (κ1) is 12.4. The van der Waals surface area contributed by atoms with Crippen molar-refractivity contribution < 1.29 is 14.7 Å². The van der Waals surface area contributed by atoms with Crippen LogP contribution in [0.1, 0.15) is 26.2 Å². The van der Waals surface area contributed by atoms with E-state index in [-0.39, 0.29) is 17.9 Å². The van der Waals surface area contributed by atoms with Crippen molar-refractivity contribution in [2.24, 2.45) is 11.8 Å². The maximum atomic E-state index is 12.1. The van der Waals surface area contributed by atoms with E-state index in [0.29, 0.717) is 19.0 Å². The van der Waals surface area contributed by atoms with E-state index in [0.717, 1.165) is 25.8 Å². The monoisotopic (exact) mass is 240 g/mol. The molecule has 0 bridgehead atoms. The molecule has 0 spiro atoms. The zero-order valence-electron chi connectivity index (χ0n) is 10.2. The molecule has 0 aromatic rings. The lowest BCUT2D eigenvalue weighted by molar-refractivity contribution is -0.154. The summed E-state index contributed by atoms with van der Waals surface area (Å²) < 4.78 is 0. The van der Waals surface area contributed by atoms with E-state index >= 15 is 0 Å². The Morgan fingerprint density at radius 2 is 2.12 bits per heavy atom. The minimum absolute atomic E-state index is 0.0839. The van der Waals surface area contributed by atoms with Gasteiger partial charge in [-0.05, 0) is 25.3 Å². The zero-order chi connectivity index (χ0) is 12.4. The van der Waals surface area contributed by atoms with Gasteiger partial charge in [-0.1, -0.05) is 13.3 Å². The van der Waals surface area contributed by atoms with Crippen LogP contribution in [-0.2, 0) is 9.59 Å². The molecule has 0 radical (unpaired) electrons. The molecule has 1 amide bonds. The summed E-state index contributed by atoms with van der Waals surface area (Å²) in [5.41, 5.74) is 0. The summed E-state index contributed by atoms with van der Waals surface area (Å²) in [5, 5.41) is 12.0. The van der Waals surface area contributed by atoms with Crippen LogP contribution in [0.4, 0.5) is 0 Å². The largest absolute Gasteiger partial charge is 0.481 e. The van der Waals surface area contributed by atoms with E-state index in [1.54, 1.807) is 4.90 Å². The minimum Gasteiger partial charge on any atom is -0.481 e. The molecular formula is C12H20N2O3. The fourth-order valence-electron chi connectivity index (χ4n) is 2.59. The van der Waals surface area contributed by atoms with Gasteiger partial charge in [0.1, 0.15) is 0 Å². The van der Waals surface area contributed by atoms with Gasteiger partial charge < -0.3 is 15.3 Å². The van der Waals surface area contributed by atoms with Crippen molar-refractivity contribution >= 4 is 11.9 Å². The van der Waals surface area contributed by atoms with Gasteiger partial charge in [-0.15, -0.1) is 0 Å². The molecule has 2 atom stereocenters. The molecular weight excluding hydrogens is 220 g/mol. The van der Waals surface area contributed by atoms with Gasteiger partial charge in [-0.25, -0.2) is 0 Å². The van der Waals surface area contributed by atoms with Gasteiger partial charge in [-0.2, -0.15) is 0 Å². The highest BCUT2D eigenvalue weighted by Gasteiger charge is 2.39. The Bertz CT molecular complexity index is 313. The summed E-state index contributed by atoms with van der Waals surface area (Å²) >= 11 is 0. The van der Waals surface area contributed by atoms with Crippen LogP contribution in [0.5, 0.6) is 0 Å². The molecule has 96 valence electrons. The van der Waals surface area contributed by atoms with Crippen LogP contribution in [0, 0.1) is 11.8 Å². The molecule has 2 aliphatic rings. The topological polar surface area (TPSA) is 69.6 Å². The second-order valence-corrected chi connectivity index (χ2v) is 5.08. The van der Waals surface area contributed by atoms with E-state index in [4.69, 9.17) is 5.11 Å². The van der Waals surface area contributed by atoms with Crippen molar-refractivity contribution in [2.75, 3.05) is 19.6 Å². The van der Waals surface area contributed by atoms with Crippen molar-refractivity contribution in [1.29, 1.82) is 0 Å². The van der Waals surface area contributed by atoms with Gasteiger partial charge in [0.2, 0.25) is 5.91 Å². The predicted molar refractivity (Wildman–Crippen MR) is 62.5 cm³/mol. The lowest BCUT2D eigenvalue weighted by Crippen LogP contribution is -2.59. The van der Waals surface area contributed by atoms with Crippen molar-refractivity contribution in [1.82, 2.24) is 10.2 Å². The molecule has 5 nitrogen and oxygen atoms in total. The third-order valence-electron chi connectivity index (χ3n) is 3.93. The number of carboxylic acids is 1. The molecule has 0 saturated carbocycles. The fraction of sp³-hybridized carbons (Fsp3) is 0.833. The Morgan fingerprint density at radius 3 is 2.71 bits per heavy atom. The standard InChI is InChI=1S/C12H20N2O3/c1-2-8-3-4-13-10(5-8)11(15)14-6-9(7-14)12(16)17/h8-10,13H,2-7H2,1H3,(H,16,17). The van der Waals surface area contributed by atoms with Crippen molar-refractivity contribution in [2.45, 2.75) is 32.2 Å². The molecule has 0 aromatic heterocycles. The fourth-order valence-corrected chi connectivity index (χ4v) is 2.59. The number of hydrogen-bond acceptors (Lipinski definition) is 3. The number of rotatable bonds is 3. The molecule has 2 rings (SSSR count). The van der Waals surface area contributed by atoms with Crippen LogP contribution in [-0.4, -0.2) is 47.6 Å². The number of nitrogens with one attached hydrogen (secondary N) is 1. The van der Waals surface area contributed by atoms with Crippen LogP contribution >= 0.6 is 0 Å². The highest BCUT2D eigenvalue weighted by Crippen LogP contribution is 2.23. The van der Waals surface area contributed by atoms with Crippen molar-refractivity contribution in [3.8, 4) is 0 Å². The average molecular weight is 240 g/mol. The summed E-state index contributed by atoms with van der Waals surface area (Å²) in [6.45, 7) is 3.80. The lowest BCUT2D eigenvalue weighted by atomic mass is 9.88. The van der Waals surface area contributed by atoms with E-state index in [2.05, 4.69) is 12.2 Å². The first-order valence-electron chi connectivity index (χ1n) is 6.36. The molecule has 0 aromatic carbocycles. The normalized spacial score (nSPS) is 29.8. The molecule has 2 fully saturated rings. The first-order chi connectivity index (χ1) is 8.11. The van der Waals surface area contributed by atoms with E-state index in [9.17, 15) is 9.59 Å². The van der Waals surface area contributed by atoms with Crippen LogP contribution < -0.4 is 5.32 Å². The highest BCUT2D eigenvalue weighted by molar-refractivity contribution is 5.85. The van der Waals surface area contributed by atoms with Crippen LogP contribution in [0.2, 0.25) is 0 Å². The second kappa shape index (κ2) is 5.04. The number of piperidine rings is 1. The Morgan fingerprint density at radius 1 is 1.41 bits per heavy atom. The van der Waals surface area contributed by atoms with E-state index < -0.39 is 5.97 Å². The quantitative estimate of drug-likeness (QED) is 0.745. The van der Waals surface area contributed by atoms with Gasteiger partial charge in [0.15, 0.2) is 0 Å². The minimum atomic E-state index is -0.794. The van der Waals surface area contributed by atoms with Crippen LogP contribution in [0.15, 0.2) is 0 Å². The van der Waals surface area contributed by atoms with Gasteiger partial charge in [-0.3, -0.25) is 9.59 Å². The molecule has 2 unspecified atom stereocenters. The van der Waals surface area contributed by atoms with Crippen molar-refractivity contribution in [3.63, 3.8) is 0 Å². The van der Waals surface area contributed by atoms with Gasteiger partial charge in [0.05, 0.1) is 12.0 Å². The predicted octanol–water partition coefficient (Wildman–Crippen LogP) is 0.308. The number of carbonyl (C=O) groups is 2. The molecule has 2 N–H and O–H groups in total. The number of likely N-dealkylation sites (tertiary alicyclic amines) is 1. The van der Waals surface area contributed by atoms with Gasteiger partial charge in [0.25, 0.3) is 0 Å². The summed E-state index contributed by atoms with van der Waals surface area (Å²) in [7, 11) is 0. The smallest absolute Gasteiger partial charge is 0.310 e. The number of carbonyl (C=O) groups excluding carboxylic acids is 1. The summed E-state index contributed by atoms with van der Waals surface area (Å²) in [4.78, 5) is 24.4. The number of carboxylic acid groups (broad SMARTS) is 1. The Kier molecular flexibility index (Phi) is 3.66. The maximum Gasteiger partial charge on any atom is 0.310 e. The summed E-state index contributed by atoms with van der Waals surface area (Å²) in [6, 6.07) is -0.0940. The summed E-state index contributed by atoms with van der Waals surface area (Å²) in [6.07, 6.45) is 3.14. The Balaban J connectivity index is 1.82. The first-order valence-corrected chi connectivity index (χ1v) is 6.36. The Labute approximate surface area is 101 Å². The number of hydrogen-bond donors (Lipinski definition) is 2. The Hall–Kier alpha value is -1.10. The third-order valence-corrected chi connectivity index (χ3v) is 3.93. The molecule has 2 saturated heterocycles. The molecule has 2 heterocycles. The maximum absolute atomic E-state index is 12.1. The third kappa shape index (κ3) is 2.60. The number of amides is 1. The second-order valence-electron chi connectivity index (χ2n) is 5.08. The SMILES string of the molecule is CCC1CCNC(C(=O)N2CC(C(=O)O)C2)C1. The van der Waals surface area contributed by atoms with Crippen molar-refractivity contribution in [3.05, 3.63) is 0 Å². The van der Waals surface area contributed by atoms with E-state index in [1.165, 1.54) is 0 Å². The summed E-state index contributed by atoms with van der Waals surface area (Å²) in [5.74, 6) is -0.441. The lowest BCUT2D eigenvalue weighted by Gasteiger charge is -2.40. The van der Waals surface area contributed by atoms with Gasteiger partial charge in [0, 0.05) is 13.1 Å². The molecule has 0 aliphatic carbocycles. The molecule has 2 aliphatic heterocycles. The van der Waals surface area contributed by atoms with Gasteiger partial charge >= 0.3 is 5.97 Å². The van der Waals surface area contributed by atoms with Crippen LogP contribution in [0.25, 0.3) is 0 Å². The zero-order valence-corrected chi connectivity index (χ0v) is 10.2. The van der Waals surface area contributed by atoms with E-state index in [1.807, 2.05) is 0 Å². The number of aliphatic carboxylic acids is 1.